The lowest BCUT2D eigenvalue weighted by Crippen LogP contribution is -2.30. The number of nitrogens with zero attached hydrogens (tertiary/aromatic N) is 3. The summed E-state index contributed by atoms with van der Waals surface area (Å²) in [7, 11) is 1.99. The van der Waals surface area contributed by atoms with E-state index in [0.29, 0.717) is 6.04 Å². The van der Waals surface area contributed by atoms with Crippen LogP contribution in [0, 0.1) is 18.8 Å². The Morgan fingerprint density at radius 2 is 2.17 bits per heavy atom. The standard InChI is InChI=1S/C13H22N4.ClH/c1-9-11(5-16(2)15-9)7-17-6-10-3-4-13(14)12(10)8-17;/h5,10,12-13H,3-4,6-8,14H2,1-2H3;1H. The highest BCUT2D eigenvalue weighted by atomic mass is 35.5. The van der Waals surface area contributed by atoms with Crippen molar-refractivity contribution in [1.29, 1.82) is 0 Å². The first-order chi connectivity index (χ1) is 8.13. The topological polar surface area (TPSA) is 47.1 Å². The number of rotatable bonds is 2. The Hall–Kier alpha value is -0.580. The summed E-state index contributed by atoms with van der Waals surface area (Å²) in [5, 5.41) is 4.41. The van der Waals surface area contributed by atoms with E-state index in [-0.39, 0.29) is 12.4 Å². The molecule has 2 heterocycles. The van der Waals surface area contributed by atoms with Crippen LogP contribution in [0.25, 0.3) is 0 Å². The highest BCUT2D eigenvalue weighted by molar-refractivity contribution is 5.85. The van der Waals surface area contributed by atoms with Crippen molar-refractivity contribution in [2.24, 2.45) is 24.6 Å². The van der Waals surface area contributed by atoms with E-state index in [1.807, 2.05) is 11.7 Å². The van der Waals surface area contributed by atoms with Gasteiger partial charge in [0.05, 0.1) is 5.69 Å². The minimum atomic E-state index is 0. The molecule has 1 aliphatic carbocycles. The molecule has 1 saturated carbocycles. The Kier molecular flexibility index (Phi) is 3.99. The van der Waals surface area contributed by atoms with Gasteiger partial charge in [0.1, 0.15) is 0 Å². The lowest BCUT2D eigenvalue weighted by molar-refractivity contribution is 0.297. The van der Waals surface area contributed by atoms with Gasteiger partial charge in [0, 0.05) is 44.5 Å². The molecule has 2 fully saturated rings. The molecule has 0 amide bonds. The van der Waals surface area contributed by atoms with Crippen LogP contribution in [0.3, 0.4) is 0 Å². The minimum absolute atomic E-state index is 0. The van der Waals surface area contributed by atoms with Crippen LogP contribution in [-0.4, -0.2) is 33.8 Å². The van der Waals surface area contributed by atoms with E-state index in [1.54, 1.807) is 0 Å². The number of aryl methyl sites for hydroxylation is 2. The third-order valence-corrected chi connectivity index (χ3v) is 4.50. The average molecular weight is 271 g/mol. The molecular formula is C13H23ClN4. The first-order valence-electron chi connectivity index (χ1n) is 6.60. The molecule has 0 spiro atoms. The van der Waals surface area contributed by atoms with Gasteiger partial charge in [-0.25, -0.2) is 0 Å². The summed E-state index contributed by atoms with van der Waals surface area (Å²) in [5.74, 6) is 1.59. The Labute approximate surface area is 115 Å². The maximum Gasteiger partial charge on any atom is 0.0638 e. The van der Waals surface area contributed by atoms with E-state index < -0.39 is 0 Å². The molecular weight excluding hydrogens is 248 g/mol. The number of likely N-dealkylation sites (tertiary alicyclic amines) is 1. The van der Waals surface area contributed by atoms with Crippen molar-refractivity contribution >= 4 is 12.4 Å². The lowest BCUT2D eigenvalue weighted by Gasteiger charge is -2.17. The second-order valence-electron chi connectivity index (χ2n) is 5.77. The normalized spacial score (nSPS) is 31.4. The predicted octanol–water partition coefficient (Wildman–Crippen LogP) is 1.32. The van der Waals surface area contributed by atoms with Gasteiger partial charge in [-0.1, -0.05) is 0 Å². The Bertz CT molecular complexity index is 417. The summed E-state index contributed by atoms with van der Waals surface area (Å²) < 4.78 is 1.91. The van der Waals surface area contributed by atoms with Gasteiger partial charge in [-0.2, -0.15) is 5.10 Å². The molecule has 1 aromatic rings. The summed E-state index contributed by atoms with van der Waals surface area (Å²) >= 11 is 0. The molecule has 1 aliphatic heterocycles. The molecule has 3 unspecified atom stereocenters. The molecule has 0 aromatic carbocycles. The molecule has 5 heteroatoms. The van der Waals surface area contributed by atoms with Gasteiger partial charge < -0.3 is 5.73 Å². The quantitative estimate of drug-likeness (QED) is 0.882. The molecule has 102 valence electrons. The van der Waals surface area contributed by atoms with Gasteiger partial charge in [-0.3, -0.25) is 9.58 Å². The molecule has 4 nitrogen and oxygen atoms in total. The number of hydrogen-bond acceptors (Lipinski definition) is 3. The van der Waals surface area contributed by atoms with Crippen LogP contribution in [0.1, 0.15) is 24.1 Å². The van der Waals surface area contributed by atoms with Crippen LogP contribution in [0.15, 0.2) is 6.20 Å². The van der Waals surface area contributed by atoms with Crippen LogP contribution in [0.5, 0.6) is 0 Å². The smallest absolute Gasteiger partial charge is 0.0638 e. The highest BCUT2D eigenvalue weighted by Crippen LogP contribution is 2.37. The fourth-order valence-electron chi connectivity index (χ4n) is 3.57. The first-order valence-corrected chi connectivity index (χ1v) is 6.60. The second kappa shape index (κ2) is 5.19. The average Bonchev–Trinajstić information content (AvgIpc) is 2.88. The molecule has 2 aliphatic rings. The van der Waals surface area contributed by atoms with Crippen molar-refractivity contribution in [1.82, 2.24) is 14.7 Å². The first kappa shape index (κ1) is 13.8. The van der Waals surface area contributed by atoms with Crippen molar-refractivity contribution in [2.75, 3.05) is 13.1 Å². The molecule has 2 N–H and O–H groups in total. The zero-order chi connectivity index (χ0) is 12.0. The van der Waals surface area contributed by atoms with Crippen LogP contribution >= 0.6 is 12.4 Å². The van der Waals surface area contributed by atoms with E-state index in [4.69, 9.17) is 5.73 Å². The van der Waals surface area contributed by atoms with E-state index >= 15 is 0 Å². The van der Waals surface area contributed by atoms with Gasteiger partial charge in [0.2, 0.25) is 0 Å². The number of aromatic nitrogens is 2. The number of halogens is 1. The third-order valence-electron chi connectivity index (χ3n) is 4.50. The third kappa shape index (κ3) is 2.42. The molecule has 0 bridgehead atoms. The maximum atomic E-state index is 6.17. The largest absolute Gasteiger partial charge is 0.327 e. The molecule has 3 rings (SSSR count). The van der Waals surface area contributed by atoms with Crippen LogP contribution in [0.2, 0.25) is 0 Å². The maximum absolute atomic E-state index is 6.17. The van der Waals surface area contributed by atoms with Gasteiger partial charge >= 0.3 is 0 Å². The van der Waals surface area contributed by atoms with Gasteiger partial charge in [-0.05, 0) is 31.6 Å². The number of nitrogens with two attached hydrogens (primary N) is 1. The Morgan fingerprint density at radius 1 is 1.39 bits per heavy atom. The highest BCUT2D eigenvalue weighted by Gasteiger charge is 2.40. The van der Waals surface area contributed by atoms with Crippen molar-refractivity contribution in [3.8, 4) is 0 Å². The minimum Gasteiger partial charge on any atom is -0.327 e. The SMILES string of the molecule is Cc1nn(C)cc1CN1CC2CCC(N)C2C1.Cl. The van der Waals surface area contributed by atoms with Crippen molar-refractivity contribution < 1.29 is 0 Å². The number of hydrogen-bond donors (Lipinski definition) is 1. The summed E-state index contributed by atoms with van der Waals surface area (Å²) in [6.07, 6.45) is 4.70. The summed E-state index contributed by atoms with van der Waals surface area (Å²) in [4.78, 5) is 2.55. The number of fused-ring (bicyclic) bond motifs is 1. The predicted molar refractivity (Wildman–Crippen MR) is 74.7 cm³/mol. The molecule has 0 radical (unpaired) electrons. The molecule has 18 heavy (non-hydrogen) atoms. The summed E-state index contributed by atoms with van der Waals surface area (Å²) in [6, 6.07) is 0.444. The fourth-order valence-corrected chi connectivity index (χ4v) is 3.57. The lowest BCUT2D eigenvalue weighted by atomic mass is 9.98. The monoisotopic (exact) mass is 270 g/mol. The zero-order valence-corrected chi connectivity index (χ0v) is 12.0. The van der Waals surface area contributed by atoms with E-state index in [0.717, 1.165) is 24.1 Å². The van der Waals surface area contributed by atoms with Crippen LogP contribution < -0.4 is 5.73 Å². The van der Waals surface area contributed by atoms with Crippen LogP contribution in [-0.2, 0) is 13.6 Å². The van der Waals surface area contributed by atoms with E-state index in [9.17, 15) is 0 Å². The fraction of sp³-hybridized carbons (Fsp3) is 0.769. The molecule has 3 atom stereocenters. The van der Waals surface area contributed by atoms with Crippen LogP contribution in [0.4, 0.5) is 0 Å². The van der Waals surface area contributed by atoms with Crippen molar-refractivity contribution in [2.45, 2.75) is 32.4 Å². The van der Waals surface area contributed by atoms with Gasteiger partial charge in [0.25, 0.3) is 0 Å². The van der Waals surface area contributed by atoms with Gasteiger partial charge in [0.15, 0.2) is 0 Å². The van der Waals surface area contributed by atoms with E-state index in [1.165, 1.54) is 31.5 Å². The van der Waals surface area contributed by atoms with Gasteiger partial charge in [-0.15, -0.1) is 12.4 Å². The summed E-state index contributed by atoms with van der Waals surface area (Å²) in [5.41, 5.74) is 8.69. The van der Waals surface area contributed by atoms with E-state index in [2.05, 4.69) is 23.1 Å². The Balaban J connectivity index is 0.00000120. The summed E-state index contributed by atoms with van der Waals surface area (Å²) in [6.45, 7) is 5.55. The Morgan fingerprint density at radius 3 is 2.78 bits per heavy atom. The molecule has 1 saturated heterocycles. The zero-order valence-electron chi connectivity index (χ0n) is 11.2. The van der Waals surface area contributed by atoms with Crippen molar-refractivity contribution in [3.05, 3.63) is 17.5 Å². The second-order valence-corrected chi connectivity index (χ2v) is 5.77. The van der Waals surface area contributed by atoms with Crippen molar-refractivity contribution in [3.63, 3.8) is 0 Å². The molecule has 1 aromatic heterocycles.